The van der Waals surface area contributed by atoms with Crippen LogP contribution in [-0.4, -0.2) is 25.2 Å². The molecule has 0 bridgehead atoms. The Morgan fingerprint density at radius 2 is 1.77 bits per heavy atom. The summed E-state index contributed by atoms with van der Waals surface area (Å²) in [6, 6.07) is 16.2. The molecule has 4 aromatic rings. The van der Waals surface area contributed by atoms with E-state index in [0.717, 1.165) is 28.0 Å². The predicted octanol–water partition coefficient (Wildman–Crippen LogP) is 3.28. The molecule has 6 heteroatoms. The molecule has 0 aliphatic heterocycles. The maximum Gasteiger partial charge on any atom is 0.134 e. The summed E-state index contributed by atoms with van der Waals surface area (Å²) < 4.78 is 1.76. The smallest absolute Gasteiger partial charge is 0.134 e. The van der Waals surface area contributed by atoms with Gasteiger partial charge in [-0.1, -0.05) is 41.1 Å². The van der Waals surface area contributed by atoms with E-state index in [0.29, 0.717) is 0 Å². The lowest BCUT2D eigenvalue weighted by Crippen LogP contribution is -1.94. The van der Waals surface area contributed by atoms with Crippen LogP contribution in [0.5, 0.6) is 0 Å². The zero-order chi connectivity index (χ0) is 14.2. The van der Waals surface area contributed by atoms with Gasteiger partial charge in [0.25, 0.3) is 0 Å². The zero-order valence-electron chi connectivity index (χ0n) is 12.2. The molecule has 2 aromatic heterocycles. The molecule has 0 fully saturated rings. The van der Waals surface area contributed by atoms with Gasteiger partial charge in [-0.15, -0.1) is 5.10 Å². The highest BCUT2D eigenvalue weighted by molar-refractivity contribution is 5.91. The second kappa shape index (κ2) is 5.42. The van der Waals surface area contributed by atoms with E-state index in [1.165, 1.54) is 5.56 Å². The lowest BCUT2D eigenvalue weighted by Gasteiger charge is -1.99. The van der Waals surface area contributed by atoms with Crippen LogP contribution >= 0.6 is 0 Å². The van der Waals surface area contributed by atoms with Crippen molar-refractivity contribution in [1.82, 2.24) is 31.3 Å². The van der Waals surface area contributed by atoms with Gasteiger partial charge in [0.1, 0.15) is 11.4 Å². The molecule has 0 atom stereocenters. The van der Waals surface area contributed by atoms with E-state index in [1.807, 2.05) is 42.6 Å². The number of benzene rings is 2. The molecule has 0 radical (unpaired) electrons. The highest BCUT2D eigenvalue weighted by Gasteiger charge is 2.11. The van der Waals surface area contributed by atoms with E-state index in [2.05, 4.69) is 39.6 Å². The summed E-state index contributed by atoms with van der Waals surface area (Å²) in [7, 11) is 0. The molecule has 0 unspecified atom stereocenters. The maximum absolute atomic E-state index is 4.35. The Morgan fingerprint density at radius 3 is 2.59 bits per heavy atom. The molecule has 4 rings (SSSR count). The summed E-state index contributed by atoms with van der Waals surface area (Å²) in [5, 5.41) is 16.8. The summed E-state index contributed by atoms with van der Waals surface area (Å²) in [5.41, 5.74) is 4.78. The summed E-state index contributed by atoms with van der Waals surface area (Å²) in [6.07, 6.45) is 1.90. The quantitative estimate of drug-likeness (QED) is 0.592. The van der Waals surface area contributed by atoms with Gasteiger partial charge in [-0.2, -0.15) is 5.10 Å². The molecular formula is C16H16N6. The van der Waals surface area contributed by atoms with Crippen molar-refractivity contribution >= 4 is 10.9 Å². The van der Waals surface area contributed by atoms with E-state index in [-0.39, 0.29) is 6.15 Å². The molecule has 0 spiro atoms. The number of aromatic nitrogens is 5. The minimum atomic E-state index is 0. The number of aromatic amines is 1. The van der Waals surface area contributed by atoms with Crippen molar-refractivity contribution in [3.63, 3.8) is 0 Å². The average Bonchev–Trinajstić information content (AvgIpc) is 3.14. The summed E-state index contributed by atoms with van der Waals surface area (Å²) >= 11 is 0. The first-order valence-electron chi connectivity index (χ1n) is 6.74. The van der Waals surface area contributed by atoms with Gasteiger partial charge in [0.05, 0.1) is 17.4 Å². The van der Waals surface area contributed by atoms with Gasteiger partial charge in [-0.05, 0) is 25.1 Å². The largest absolute Gasteiger partial charge is 0.344 e. The van der Waals surface area contributed by atoms with Crippen molar-refractivity contribution < 1.29 is 0 Å². The van der Waals surface area contributed by atoms with E-state index in [1.54, 1.807) is 4.68 Å². The van der Waals surface area contributed by atoms with Crippen molar-refractivity contribution in [3.05, 3.63) is 60.3 Å². The number of hydrogen-bond donors (Lipinski definition) is 2. The molecule has 2 aromatic carbocycles. The minimum absolute atomic E-state index is 0. The zero-order valence-corrected chi connectivity index (χ0v) is 12.2. The fourth-order valence-corrected chi connectivity index (χ4v) is 2.35. The first-order valence-corrected chi connectivity index (χ1v) is 6.74. The lowest BCUT2D eigenvalue weighted by atomic mass is 10.2. The van der Waals surface area contributed by atoms with Gasteiger partial charge >= 0.3 is 0 Å². The third kappa shape index (κ3) is 2.25. The summed E-state index contributed by atoms with van der Waals surface area (Å²) in [5.74, 6) is 0. The maximum atomic E-state index is 4.35. The number of H-pyrrole nitrogens is 1. The van der Waals surface area contributed by atoms with Crippen LogP contribution in [0.25, 0.3) is 28.0 Å². The summed E-state index contributed by atoms with van der Waals surface area (Å²) in [6.45, 7) is 2.06. The first-order chi connectivity index (χ1) is 10.3. The number of para-hydroxylation sites is 1. The van der Waals surface area contributed by atoms with Crippen LogP contribution in [0, 0.1) is 6.92 Å². The Kier molecular flexibility index (Phi) is 3.44. The number of nitrogens with one attached hydrogen (secondary N) is 1. The topological polar surface area (TPSA) is 94.4 Å². The number of hydrogen-bond acceptors (Lipinski definition) is 4. The van der Waals surface area contributed by atoms with Gasteiger partial charge in [0.15, 0.2) is 0 Å². The van der Waals surface area contributed by atoms with Crippen LogP contribution in [0.15, 0.2) is 54.7 Å². The highest BCUT2D eigenvalue weighted by Crippen LogP contribution is 2.24. The van der Waals surface area contributed by atoms with Crippen molar-refractivity contribution in [2.75, 3.05) is 0 Å². The molecule has 0 saturated carbocycles. The van der Waals surface area contributed by atoms with E-state index in [4.69, 9.17) is 0 Å². The normalized spacial score (nSPS) is 10.6. The Hall–Kier alpha value is -2.99. The third-order valence-corrected chi connectivity index (χ3v) is 3.50. The third-order valence-electron chi connectivity index (χ3n) is 3.50. The second-order valence-corrected chi connectivity index (χ2v) is 5.00. The second-order valence-electron chi connectivity index (χ2n) is 5.00. The van der Waals surface area contributed by atoms with Crippen LogP contribution in [0.4, 0.5) is 0 Å². The van der Waals surface area contributed by atoms with Crippen LogP contribution in [0.2, 0.25) is 0 Å². The standard InChI is InChI=1S/C16H13N5.H3N/c1-11-6-8-12(9-7-11)21-10-15(18-20-21)16-13-4-2-3-5-14(13)17-19-16;/h2-10H,1H3,(H,17,19);1H3. The molecular weight excluding hydrogens is 276 g/mol. The van der Waals surface area contributed by atoms with Gasteiger partial charge < -0.3 is 6.15 Å². The number of fused-ring (bicyclic) bond motifs is 1. The summed E-state index contributed by atoms with van der Waals surface area (Å²) in [4.78, 5) is 0. The Bertz CT molecular complexity index is 904. The van der Waals surface area contributed by atoms with Crippen molar-refractivity contribution in [3.8, 4) is 17.1 Å². The van der Waals surface area contributed by atoms with Crippen molar-refractivity contribution in [2.24, 2.45) is 0 Å². The number of nitrogens with zero attached hydrogens (tertiary/aromatic N) is 4. The molecule has 6 nitrogen and oxygen atoms in total. The first kappa shape index (κ1) is 14.0. The van der Waals surface area contributed by atoms with Gasteiger partial charge in [0, 0.05) is 5.39 Å². The minimum Gasteiger partial charge on any atom is -0.344 e. The van der Waals surface area contributed by atoms with E-state index in [9.17, 15) is 0 Å². The van der Waals surface area contributed by atoms with Crippen LogP contribution in [0.1, 0.15) is 5.56 Å². The molecule has 0 saturated heterocycles. The molecule has 4 N–H and O–H groups in total. The SMILES string of the molecule is Cc1ccc(-n2cc(-c3n[nH]c4ccccc34)nn2)cc1.N. The molecule has 2 heterocycles. The average molecular weight is 292 g/mol. The predicted molar refractivity (Wildman–Crippen MR) is 86.2 cm³/mol. The van der Waals surface area contributed by atoms with Crippen LogP contribution in [0.3, 0.4) is 0 Å². The van der Waals surface area contributed by atoms with Crippen molar-refractivity contribution in [1.29, 1.82) is 0 Å². The monoisotopic (exact) mass is 292 g/mol. The number of aryl methyl sites for hydroxylation is 1. The van der Waals surface area contributed by atoms with E-state index >= 15 is 0 Å². The fourth-order valence-electron chi connectivity index (χ4n) is 2.35. The molecule has 22 heavy (non-hydrogen) atoms. The van der Waals surface area contributed by atoms with Crippen LogP contribution in [-0.2, 0) is 0 Å². The molecule has 0 aliphatic rings. The lowest BCUT2D eigenvalue weighted by molar-refractivity contribution is 0.803. The Morgan fingerprint density at radius 1 is 1.00 bits per heavy atom. The Balaban J connectivity index is 0.00000144. The molecule has 110 valence electrons. The van der Waals surface area contributed by atoms with Gasteiger partial charge in [-0.25, -0.2) is 4.68 Å². The highest BCUT2D eigenvalue weighted by atomic mass is 15.4. The van der Waals surface area contributed by atoms with E-state index < -0.39 is 0 Å². The van der Waals surface area contributed by atoms with Crippen molar-refractivity contribution in [2.45, 2.75) is 6.92 Å². The Labute approximate surface area is 127 Å². The number of rotatable bonds is 2. The van der Waals surface area contributed by atoms with Gasteiger partial charge in [0.2, 0.25) is 0 Å². The van der Waals surface area contributed by atoms with Gasteiger partial charge in [-0.3, -0.25) is 5.10 Å². The molecule has 0 aliphatic carbocycles. The van der Waals surface area contributed by atoms with Crippen LogP contribution < -0.4 is 6.15 Å². The fraction of sp³-hybridized carbons (Fsp3) is 0.0625. The molecule has 0 amide bonds.